The first-order valence-electron chi connectivity index (χ1n) is 11.3. The van der Waals surface area contributed by atoms with E-state index in [0.29, 0.717) is 22.1 Å². The number of aryl methyl sites for hydroxylation is 1. The largest absolute Gasteiger partial charge is 0.497 e. The number of halogens is 1. The molecule has 0 amide bonds. The van der Waals surface area contributed by atoms with Crippen LogP contribution < -0.4 is 14.8 Å². The average molecular weight is 496 g/mol. The number of fused-ring (bicyclic) bond motifs is 1. The second kappa shape index (κ2) is 10.1. The third-order valence-corrected chi connectivity index (χ3v) is 5.90. The SMILES string of the molecule is COc1ccc(-c2cc(=Nc3ccc(OC(=O)c4ccc(Cl)cc4)cc3)c3cc(C)ccc3o2)cc1. The second-order valence-electron chi connectivity index (χ2n) is 8.23. The minimum atomic E-state index is -0.452. The van der Waals surface area contributed by atoms with E-state index in [1.165, 1.54) is 0 Å². The lowest BCUT2D eigenvalue weighted by atomic mass is 10.1. The van der Waals surface area contributed by atoms with Crippen LogP contribution in [0.2, 0.25) is 5.02 Å². The molecule has 0 aliphatic rings. The van der Waals surface area contributed by atoms with Crippen LogP contribution in [0.5, 0.6) is 11.5 Å². The Bertz CT molecular complexity index is 1600. The first kappa shape index (κ1) is 23.4. The van der Waals surface area contributed by atoms with Crippen molar-refractivity contribution in [3.05, 3.63) is 119 Å². The molecule has 0 unspecified atom stereocenters. The third kappa shape index (κ3) is 5.16. The first-order valence-corrected chi connectivity index (χ1v) is 11.7. The molecule has 0 spiro atoms. The third-order valence-electron chi connectivity index (χ3n) is 5.65. The molecule has 0 aliphatic heterocycles. The van der Waals surface area contributed by atoms with Crippen molar-refractivity contribution in [2.75, 3.05) is 7.11 Å². The first-order chi connectivity index (χ1) is 17.5. The standard InChI is InChI=1S/C30H22ClNO4/c1-19-3-16-28-26(17-19)27(18-29(36-28)20-6-12-24(34-2)13-7-20)32-23-10-14-25(15-11-23)35-30(33)21-4-8-22(31)9-5-21/h3-18H,1-2H3. The maximum Gasteiger partial charge on any atom is 0.343 e. The summed E-state index contributed by atoms with van der Waals surface area (Å²) in [6.45, 7) is 2.03. The van der Waals surface area contributed by atoms with E-state index in [1.807, 2.05) is 61.5 Å². The minimum Gasteiger partial charge on any atom is -0.497 e. The Labute approximate surface area is 213 Å². The molecule has 5 aromatic rings. The van der Waals surface area contributed by atoms with Crippen LogP contribution >= 0.6 is 11.6 Å². The van der Waals surface area contributed by atoms with Gasteiger partial charge in [0, 0.05) is 22.0 Å². The van der Waals surface area contributed by atoms with Crippen molar-refractivity contribution in [1.82, 2.24) is 0 Å². The van der Waals surface area contributed by atoms with Gasteiger partial charge in [-0.2, -0.15) is 0 Å². The normalized spacial score (nSPS) is 11.5. The van der Waals surface area contributed by atoms with Crippen molar-refractivity contribution < 1.29 is 18.7 Å². The Kier molecular flexibility index (Phi) is 6.56. The summed E-state index contributed by atoms with van der Waals surface area (Å²) in [5.74, 6) is 1.45. The number of hydrogen-bond acceptors (Lipinski definition) is 5. The quantitative estimate of drug-likeness (QED) is 0.187. The van der Waals surface area contributed by atoms with Crippen LogP contribution in [0.3, 0.4) is 0 Å². The fourth-order valence-electron chi connectivity index (χ4n) is 3.75. The summed E-state index contributed by atoms with van der Waals surface area (Å²) < 4.78 is 16.9. The van der Waals surface area contributed by atoms with E-state index in [9.17, 15) is 4.79 Å². The van der Waals surface area contributed by atoms with Crippen LogP contribution in [-0.2, 0) is 0 Å². The number of rotatable bonds is 5. The summed E-state index contributed by atoms with van der Waals surface area (Å²) in [5.41, 5.74) is 3.90. The predicted molar refractivity (Wildman–Crippen MR) is 141 cm³/mol. The zero-order chi connectivity index (χ0) is 25.1. The second-order valence-corrected chi connectivity index (χ2v) is 8.66. The summed E-state index contributed by atoms with van der Waals surface area (Å²) >= 11 is 5.89. The maximum absolute atomic E-state index is 12.4. The average Bonchev–Trinajstić information content (AvgIpc) is 2.90. The van der Waals surface area contributed by atoms with Gasteiger partial charge < -0.3 is 13.9 Å². The molecular formula is C30H22ClNO4. The fraction of sp³-hybridized carbons (Fsp3) is 0.0667. The molecule has 0 saturated heterocycles. The van der Waals surface area contributed by atoms with Gasteiger partial charge >= 0.3 is 5.97 Å². The molecule has 0 bridgehead atoms. The van der Waals surface area contributed by atoms with Gasteiger partial charge in [-0.05, 0) is 91.9 Å². The van der Waals surface area contributed by atoms with Crippen molar-refractivity contribution in [3.8, 4) is 22.8 Å². The zero-order valence-electron chi connectivity index (χ0n) is 19.7. The highest BCUT2D eigenvalue weighted by molar-refractivity contribution is 6.30. The van der Waals surface area contributed by atoms with E-state index in [1.54, 1.807) is 43.5 Å². The van der Waals surface area contributed by atoms with Gasteiger partial charge in [-0.15, -0.1) is 0 Å². The Hall–Kier alpha value is -4.35. The van der Waals surface area contributed by atoms with E-state index in [0.717, 1.165) is 38.9 Å². The fourth-order valence-corrected chi connectivity index (χ4v) is 3.88. The molecule has 0 saturated carbocycles. The highest BCUT2D eigenvalue weighted by atomic mass is 35.5. The van der Waals surface area contributed by atoms with Crippen molar-refractivity contribution in [1.29, 1.82) is 0 Å². The van der Waals surface area contributed by atoms with E-state index < -0.39 is 5.97 Å². The van der Waals surface area contributed by atoms with Gasteiger partial charge in [-0.25, -0.2) is 9.79 Å². The molecule has 0 radical (unpaired) electrons. The van der Waals surface area contributed by atoms with Crippen LogP contribution in [0.1, 0.15) is 15.9 Å². The molecule has 5 nitrogen and oxygen atoms in total. The number of ether oxygens (including phenoxy) is 2. The van der Waals surface area contributed by atoms with Gasteiger partial charge in [-0.1, -0.05) is 23.2 Å². The highest BCUT2D eigenvalue weighted by Gasteiger charge is 2.10. The summed E-state index contributed by atoms with van der Waals surface area (Å²) in [7, 11) is 1.64. The predicted octanol–water partition coefficient (Wildman–Crippen LogP) is 7.52. The van der Waals surface area contributed by atoms with Crippen LogP contribution in [0.4, 0.5) is 5.69 Å². The molecule has 0 atom stereocenters. The Morgan fingerprint density at radius 2 is 1.53 bits per heavy atom. The molecule has 0 N–H and O–H groups in total. The van der Waals surface area contributed by atoms with Crippen molar-refractivity contribution in [2.45, 2.75) is 6.92 Å². The van der Waals surface area contributed by atoms with Gasteiger partial charge in [0.15, 0.2) is 0 Å². The highest BCUT2D eigenvalue weighted by Crippen LogP contribution is 2.26. The number of esters is 1. The lowest BCUT2D eigenvalue weighted by molar-refractivity contribution is 0.0735. The summed E-state index contributed by atoms with van der Waals surface area (Å²) in [4.78, 5) is 17.3. The monoisotopic (exact) mass is 495 g/mol. The molecule has 178 valence electrons. The molecule has 4 aromatic carbocycles. The molecule has 36 heavy (non-hydrogen) atoms. The molecule has 5 rings (SSSR count). The van der Waals surface area contributed by atoms with Crippen LogP contribution in [-0.4, -0.2) is 13.1 Å². The van der Waals surface area contributed by atoms with Crippen LogP contribution in [0.15, 0.2) is 106 Å². The zero-order valence-corrected chi connectivity index (χ0v) is 20.5. The minimum absolute atomic E-state index is 0.425. The molecule has 0 aliphatic carbocycles. The lowest BCUT2D eigenvalue weighted by Gasteiger charge is -2.07. The molecule has 0 fully saturated rings. The number of nitrogens with zero attached hydrogens (tertiary/aromatic N) is 1. The summed E-state index contributed by atoms with van der Waals surface area (Å²) in [6.07, 6.45) is 0. The molecule has 6 heteroatoms. The van der Waals surface area contributed by atoms with Gasteiger partial charge in [0.05, 0.1) is 23.7 Å². The number of methoxy groups -OCH3 is 1. The van der Waals surface area contributed by atoms with Crippen molar-refractivity contribution in [2.24, 2.45) is 4.99 Å². The number of benzene rings is 4. The van der Waals surface area contributed by atoms with Crippen LogP contribution in [0, 0.1) is 6.92 Å². The number of hydrogen-bond donors (Lipinski definition) is 0. The summed E-state index contributed by atoms with van der Waals surface area (Å²) in [6, 6.07) is 29.2. The Morgan fingerprint density at radius 3 is 2.22 bits per heavy atom. The van der Waals surface area contributed by atoms with E-state index in [-0.39, 0.29) is 0 Å². The van der Waals surface area contributed by atoms with Crippen molar-refractivity contribution in [3.63, 3.8) is 0 Å². The number of carbonyl (C=O) groups excluding carboxylic acids is 1. The van der Waals surface area contributed by atoms with E-state index >= 15 is 0 Å². The van der Waals surface area contributed by atoms with Crippen molar-refractivity contribution >= 4 is 34.2 Å². The lowest BCUT2D eigenvalue weighted by Crippen LogP contribution is -2.08. The topological polar surface area (TPSA) is 61.0 Å². The molecule has 1 heterocycles. The van der Waals surface area contributed by atoms with Gasteiger partial charge in [0.1, 0.15) is 22.8 Å². The Balaban J connectivity index is 1.49. The molecular weight excluding hydrogens is 474 g/mol. The summed E-state index contributed by atoms with van der Waals surface area (Å²) in [5, 5.41) is 2.24. The van der Waals surface area contributed by atoms with E-state index in [2.05, 4.69) is 6.07 Å². The molecule has 1 aromatic heterocycles. The van der Waals surface area contributed by atoms with Gasteiger partial charge in [0.25, 0.3) is 0 Å². The maximum atomic E-state index is 12.4. The van der Waals surface area contributed by atoms with E-state index in [4.69, 9.17) is 30.5 Å². The Morgan fingerprint density at radius 1 is 0.833 bits per heavy atom. The number of carbonyl (C=O) groups is 1. The van der Waals surface area contributed by atoms with Gasteiger partial charge in [0.2, 0.25) is 0 Å². The van der Waals surface area contributed by atoms with Gasteiger partial charge in [-0.3, -0.25) is 0 Å². The van der Waals surface area contributed by atoms with Crippen LogP contribution in [0.25, 0.3) is 22.3 Å². The smallest absolute Gasteiger partial charge is 0.343 e.